The number of carbonyl (C=O) groups excluding carboxylic acids is 1. The molecule has 3 rings (SSSR count). The van der Waals surface area contributed by atoms with Gasteiger partial charge in [0.2, 0.25) is 11.7 Å². The Morgan fingerprint density at radius 3 is 2.56 bits per heavy atom. The summed E-state index contributed by atoms with van der Waals surface area (Å²) in [6.07, 6.45) is -0.0990. The number of amides is 1. The van der Waals surface area contributed by atoms with Gasteiger partial charge in [-0.05, 0) is 37.6 Å². The third kappa shape index (κ3) is 5.08. The van der Waals surface area contributed by atoms with Gasteiger partial charge in [-0.25, -0.2) is 0 Å². The summed E-state index contributed by atoms with van der Waals surface area (Å²) in [6.45, 7) is 4.03. The molecule has 0 bridgehead atoms. The average Bonchev–Trinajstić information content (AvgIpc) is 3.15. The number of ether oxygens (including phenoxy) is 1. The smallest absolute Gasteiger partial charge is 0.261 e. The van der Waals surface area contributed by atoms with Crippen molar-refractivity contribution in [3.63, 3.8) is 0 Å². The predicted molar refractivity (Wildman–Crippen MR) is 102 cm³/mol. The van der Waals surface area contributed by atoms with E-state index in [9.17, 15) is 4.79 Å². The summed E-state index contributed by atoms with van der Waals surface area (Å²) in [7, 11) is 0. The molecule has 7 heteroatoms. The van der Waals surface area contributed by atoms with E-state index < -0.39 is 6.10 Å². The number of carbonyl (C=O) groups is 1. The topological polar surface area (TPSA) is 77.2 Å². The number of hydrogen-bond donors (Lipinski definition) is 1. The van der Waals surface area contributed by atoms with E-state index in [1.807, 2.05) is 38.1 Å². The van der Waals surface area contributed by atoms with Gasteiger partial charge in [0.25, 0.3) is 5.91 Å². The molecule has 1 heterocycles. The highest BCUT2D eigenvalue weighted by Crippen LogP contribution is 2.18. The lowest BCUT2D eigenvalue weighted by Gasteiger charge is -2.16. The normalized spacial score (nSPS) is 11.8. The van der Waals surface area contributed by atoms with Gasteiger partial charge in [-0.1, -0.05) is 53.5 Å². The van der Waals surface area contributed by atoms with Crippen LogP contribution in [0.3, 0.4) is 0 Å². The number of benzene rings is 2. The molecule has 0 saturated carbocycles. The van der Waals surface area contributed by atoms with Crippen LogP contribution in [0.2, 0.25) is 5.02 Å². The average molecular weight is 386 g/mol. The number of hydrogen-bond acceptors (Lipinski definition) is 5. The molecule has 27 heavy (non-hydrogen) atoms. The third-order valence-electron chi connectivity index (χ3n) is 3.95. The molecule has 2 aromatic carbocycles. The van der Waals surface area contributed by atoms with Crippen LogP contribution >= 0.6 is 11.6 Å². The molecule has 1 atom stereocenters. The van der Waals surface area contributed by atoms with Crippen LogP contribution in [-0.2, 0) is 11.3 Å². The summed E-state index contributed by atoms with van der Waals surface area (Å²) in [5.74, 6) is 1.16. The van der Waals surface area contributed by atoms with Crippen LogP contribution < -0.4 is 10.1 Å². The van der Waals surface area contributed by atoms with Crippen molar-refractivity contribution in [3.8, 4) is 17.1 Å². The molecule has 0 saturated heterocycles. The molecule has 1 amide bonds. The van der Waals surface area contributed by atoms with E-state index in [1.165, 1.54) is 0 Å². The molecule has 1 N–H and O–H groups in total. The van der Waals surface area contributed by atoms with E-state index in [0.717, 1.165) is 11.1 Å². The van der Waals surface area contributed by atoms with Gasteiger partial charge in [0.1, 0.15) is 5.75 Å². The fourth-order valence-corrected chi connectivity index (χ4v) is 2.55. The van der Waals surface area contributed by atoms with Crippen molar-refractivity contribution < 1.29 is 14.1 Å². The fourth-order valence-electron chi connectivity index (χ4n) is 2.42. The molecule has 1 aromatic heterocycles. The summed E-state index contributed by atoms with van der Waals surface area (Å²) in [5.41, 5.74) is 2.01. The van der Waals surface area contributed by atoms with Crippen molar-refractivity contribution in [1.82, 2.24) is 15.5 Å². The molecule has 1 unspecified atom stereocenters. The molecular weight excluding hydrogens is 366 g/mol. The maximum atomic E-state index is 12.4. The number of nitrogens with one attached hydrogen (secondary N) is 1. The van der Waals surface area contributed by atoms with Crippen molar-refractivity contribution >= 4 is 17.5 Å². The summed E-state index contributed by atoms with van der Waals surface area (Å²) < 4.78 is 10.9. The SMILES string of the molecule is CCC(Oc1ccc(Cl)cc1)C(=O)NCc1nc(-c2ccc(C)cc2)no1. The van der Waals surface area contributed by atoms with E-state index in [-0.39, 0.29) is 12.5 Å². The molecule has 6 nitrogen and oxygen atoms in total. The van der Waals surface area contributed by atoms with Gasteiger partial charge in [-0.3, -0.25) is 4.79 Å². The number of aromatic nitrogens is 2. The predicted octanol–water partition coefficient (Wildman–Crippen LogP) is 4.17. The van der Waals surface area contributed by atoms with E-state index in [2.05, 4.69) is 15.5 Å². The van der Waals surface area contributed by atoms with E-state index in [4.69, 9.17) is 20.9 Å². The summed E-state index contributed by atoms with van der Waals surface area (Å²) in [5, 5.41) is 7.33. The Hall–Kier alpha value is -2.86. The molecule has 0 aliphatic carbocycles. The number of rotatable bonds is 7. The Morgan fingerprint density at radius 2 is 1.89 bits per heavy atom. The van der Waals surface area contributed by atoms with Crippen molar-refractivity contribution in [2.75, 3.05) is 0 Å². The second-order valence-electron chi connectivity index (χ2n) is 6.06. The van der Waals surface area contributed by atoms with Crippen LogP contribution in [0.1, 0.15) is 24.8 Å². The maximum Gasteiger partial charge on any atom is 0.261 e. The Labute approximate surface area is 162 Å². The monoisotopic (exact) mass is 385 g/mol. The quantitative estimate of drug-likeness (QED) is 0.660. The largest absolute Gasteiger partial charge is 0.481 e. The lowest BCUT2D eigenvalue weighted by Crippen LogP contribution is -2.37. The van der Waals surface area contributed by atoms with E-state index >= 15 is 0 Å². The second kappa shape index (κ2) is 8.68. The highest BCUT2D eigenvalue weighted by atomic mass is 35.5. The standard InChI is InChI=1S/C20H20ClN3O3/c1-3-17(26-16-10-8-15(21)9-11-16)20(25)22-12-18-23-19(24-27-18)14-6-4-13(2)5-7-14/h4-11,17H,3,12H2,1-2H3,(H,22,25). The van der Waals surface area contributed by atoms with Crippen molar-refractivity contribution in [3.05, 3.63) is 65.0 Å². The Bertz CT molecular complexity index is 892. The number of halogens is 1. The van der Waals surface area contributed by atoms with Crippen LogP contribution in [-0.4, -0.2) is 22.2 Å². The number of aryl methyl sites for hydroxylation is 1. The highest BCUT2D eigenvalue weighted by molar-refractivity contribution is 6.30. The van der Waals surface area contributed by atoms with Crippen molar-refractivity contribution in [1.29, 1.82) is 0 Å². The minimum atomic E-state index is -0.620. The van der Waals surface area contributed by atoms with Gasteiger partial charge in [0, 0.05) is 10.6 Å². The van der Waals surface area contributed by atoms with Crippen molar-refractivity contribution in [2.24, 2.45) is 0 Å². The lowest BCUT2D eigenvalue weighted by atomic mass is 10.1. The summed E-state index contributed by atoms with van der Waals surface area (Å²) in [4.78, 5) is 16.7. The Morgan fingerprint density at radius 1 is 1.19 bits per heavy atom. The zero-order valence-corrected chi connectivity index (χ0v) is 15.9. The van der Waals surface area contributed by atoms with E-state index in [0.29, 0.717) is 28.9 Å². The minimum absolute atomic E-state index is 0.137. The maximum absolute atomic E-state index is 12.4. The van der Waals surface area contributed by atoms with Gasteiger partial charge >= 0.3 is 0 Å². The molecule has 0 radical (unpaired) electrons. The summed E-state index contributed by atoms with van der Waals surface area (Å²) in [6, 6.07) is 14.7. The molecule has 0 aliphatic rings. The first kappa shape index (κ1) is 18.9. The first-order valence-electron chi connectivity index (χ1n) is 8.64. The molecule has 3 aromatic rings. The van der Waals surface area contributed by atoms with Gasteiger partial charge in [0.05, 0.1) is 6.54 Å². The van der Waals surface area contributed by atoms with Gasteiger partial charge in [0.15, 0.2) is 6.10 Å². The zero-order valence-electron chi connectivity index (χ0n) is 15.1. The van der Waals surface area contributed by atoms with E-state index in [1.54, 1.807) is 24.3 Å². The first-order chi connectivity index (χ1) is 13.0. The molecule has 0 spiro atoms. The molecule has 0 fully saturated rings. The molecule has 140 valence electrons. The van der Waals surface area contributed by atoms with Crippen LogP contribution in [0, 0.1) is 6.92 Å². The zero-order chi connectivity index (χ0) is 19.2. The molecular formula is C20H20ClN3O3. The van der Waals surface area contributed by atoms with Crippen LogP contribution in [0.25, 0.3) is 11.4 Å². The fraction of sp³-hybridized carbons (Fsp3) is 0.250. The van der Waals surface area contributed by atoms with Gasteiger partial charge in [-0.15, -0.1) is 0 Å². The van der Waals surface area contributed by atoms with Gasteiger partial charge < -0.3 is 14.6 Å². The third-order valence-corrected chi connectivity index (χ3v) is 4.20. The van der Waals surface area contributed by atoms with Crippen LogP contribution in [0.5, 0.6) is 5.75 Å². The lowest BCUT2D eigenvalue weighted by molar-refractivity contribution is -0.128. The Kier molecular flexibility index (Phi) is 6.08. The molecule has 0 aliphatic heterocycles. The Balaban J connectivity index is 1.57. The minimum Gasteiger partial charge on any atom is -0.481 e. The van der Waals surface area contributed by atoms with Gasteiger partial charge in [-0.2, -0.15) is 4.98 Å². The van der Waals surface area contributed by atoms with Crippen LogP contribution in [0.15, 0.2) is 53.1 Å². The van der Waals surface area contributed by atoms with Crippen molar-refractivity contribution in [2.45, 2.75) is 32.9 Å². The summed E-state index contributed by atoms with van der Waals surface area (Å²) >= 11 is 5.86. The second-order valence-corrected chi connectivity index (χ2v) is 6.50. The first-order valence-corrected chi connectivity index (χ1v) is 9.02. The van der Waals surface area contributed by atoms with Crippen LogP contribution in [0.4, 0.5) is 0 Å². The number of nitrogens with zero attached hydrogens (tertiary/aromatic N) is 2. The highest BCUT2D eigenvalue weighted by Gasteiger charge is 2.19.